The molecule has 2 aliphatic heterocycles. The number of piperazine rings is 1. The van der Waals surface area contributed by atoms with Crippen LogP contribution in [-0.4, -0.2) is 59.9 Å². The van der Waals surface area contributed by atoms with Crippen LogP contribution in [0, 0.1) is 5.41 Å². The summed E-state index contributed by atoms with van der Waals surface area (Å²) in [5.74, 6) is 0.0897. The first-order chi connectivity index (χ1) is 9.18. The monoisotopic (exact) mass is 281 g/mol. The molecule has 0 spiro atoms. The van der Waals surface area contributed by atoms with Crippen molar-refractivity contribution in [3.63, 3.8) is 0 Å². The van der Waals surface area contributed by atoms with Crippen molar-refractivity contribution >= 4 is 11.8 Å². The third-order valence-electron chi connectivity index (χ3n) is 4.84. The number of rotatable bonds is 1. The van der Waals surface area contributed by atoms with Gasteiger partial charge in [-0.05, 0) is 38.6 Å². The lowest BCUT2D eigenvalue weighted by Gasteiger charge is -2.48. The fraction of sp³-hybridized carbons (Fsp3) is 0.867. The standard InChI is InChI=1S/C15H27N3O2/c1-14(2)7-6-8-16-11(14)12(19)18-10-9-17(5)13(20)15(18,3)4/h11,16H,6-10H2,1-5H3. The molecule has 0 aliphatic carbocycles. The average Bonchev–Trinajstić information content (AvgIpc) is 2.35. The third kappa shape index (κ3) is 2.43. The summed E-state index contributed by atoms with van der Waals surface area (Å²) in [6.07, 6.45) is 2.14. The van der Waals surface area contributed by atoms with Crippen molar-refractivity contribution in [3.8, 4) is 0 Å². The van der Waals surface area contributed by atoms with Gasteiger partial charge in [0.05, 0.1) is 6.04 Å². The molecule has 1 N–H and O–H groups in total. The molecule has 0 radical (unpaired) electrons. The van der Waals surface area contributed by atoms with Gasteiger partial charge in [0, 0.05) is 20.1 Å². The maximum absolute atomic E-state index is 12.9. The van der Waals surface area contributed by atoms with Crippen molar-refractivity contribution in [2.24, 2.45) is 5.41 Å². The molecular formula is C15H27N3O2. The van der Waals surface area contributed by atoms with Crippen molar-refractivity contribution < 1.29 is 9.59 Å². The highest BCUT2D eigenvalue weighted by molar-refractivity contribution is 5.93. The quantitative estimate of drug-likeness (QED) is 0.775. The van der Waals surface area contributed by atoms with Gasteiger partial charge in [-0.2, -0.15) is 0 Å². The second kappa shape index (κ2) is 5.02. The average molecular weight is 281 g/mol. The first-order valence-electron chi connectivity index (χ1n) is 7.48. The van der Waals surface area contributed by atoms with Crippen molar-refractivity contribution in [1.82, 2.24) is 15.1 Å². The molecule has 2 aliphatic rings. The van der Waals surface area contributed by atoms with Crippen LogP contribution in [0.25, 0.3) is 0 Å². The van der Waals surface area contributed by atoms with Gasteiger partial charge in [-0.3, -0.25) is 9.59 Å². The minimum absolute atomic E-state index is 0.0192. The van der Waals surface area contributed by atoms with Crippen molar-refractivity contribution in [1.29, 1.82) is 0 Å². The van der Waals surface area contributed by atoms with Crippen LogP contribution < -0.4 is 5.32 Å². The summed E-state index contributed by atoms with van der Waals surface area (Å²) in [7, 11) is 1.80. The van der Waals surface area contributed by atoms with Crippen LogP contribution in [0.5, 0.6) is 0 Å². The minimum Gasteiger partial charge on any atom is -0.342 e. The number of likely N-dealkylation sites (N-methyl/N-ethyl adjacent to an activating group) is 1. The predicted molar refractivity (Wildman–Crippen MR) is 78.2 cm³/mol. The largest absolute Gasteiger partial charge is 0.342 e. The summed E-state index contributed by atoms with van der Waals surface area (Å²) in [4.78, 5) is 28.7. The van der Waals surface area contributed by atoms with Crippen molar-refractivity contribution in [2.75, 3.05) is 26.7 Å². The summed E-state index contributed by atoms with van der Waals surface area (Å²) in [5, 5.41) is 3.35. The van der Waals surface area contributed by atoms with E-state index in [1.807, 2.05) is 13.8 Å². The second-order valence-electron chi connectivity index (χ2n) is 7.25. The van der Waals surface area contributed by atoms with Crippen LogP contribution in [0.2, 0.25) is 0 Å². The molecule has 2 saturated heterocycles. The van der Waals surface area contributed by atoms with E-state index in [9.17, 15) is 9.59 Å². The van der Waals surface area contributed by atoms with Crippen molar-refractivity contribution in [3.05, 3.63) is 0 Å². The number of hydrogen-bond donors (Lipinski definition) is 1. The van der Waals surface area contributed by atoms with Gasteiger partial charge < -0.3 is 15.1 Å². The van der Waals surface area contributed by atoms with Gasteiger partial charge in [0.15, 0.2) is 0 Å². The Morgan fingerprint density at radius 2 is 1.90 bits per heavy atom. The normalized spacial score (nSPS) is 29.4. The van der Waals surface area contributed by atoms with Crippen LogP contribution in [0.3, 0.4) is 0 Å². The summed E-state index contributed by atoms with van der Waals surface area (Å²) in [5.41, 5.74) is -0.808. The van der Waals surface area contributed by atoms with Gasteiger partial charge in [-0.1, -0.05) is 13.8 Å². The summed E-state index contributed by atoms with van der Waals surface area (Å²) >= 11 is 0. The van der Waals surface area contributed by atoms with E-state index in [4.69, 9.17) is 0 Å². The van der Waals surface area contributed by atoms with E-state index in [0.29, 0.717) is 13.1 Å². The molecule has 0 aromatic carbocycles. The molecule has 0 aromatic rings. The summed E-state index contributed by atoms with van der Waals surface area (Å²) in [6, 6.07) is -0.188. The minimum atomic E-state index is -0.751. The zero-order valence-corrected chi connectivity index (χ0v) is 13.3. The summed E-state index contributed by atoms with van der Waals surface area (Å²) in [6.45, 7) is 10.1. The van der Waals surface area contributed by atoms with Gasteiger partial charge in [-0.15, -0.1) is 0 Å². The Balaban J connectivity index is 2.22. The predicted octanol–water partition coefficient (Wildman–Crippen LogP) is 0.844. The van der Waals surface area contributed by atoms with Gasteiger partial charge in [0.1, 0.15) is 5.54 Å². The summed E-state index contributed by atoms with van der Waals surface area (Å²) < 4.78 is 0. The first-order valence-corrected chi connectivity index (χ1v) is 7.48. The Kier molecular flexibility index (Phi) is 3.84. The zero-order valence-electron chi connectivity index (χ0n) is 13.3. The molecule has 2 fully saturated rings. The number of nitrogens with zero attached hydrogens (tertiary/aromatic N) is 2. The van der Waals surface area contributed by atoms with Crippen molar-refractivity contribution in [2.45, 2.75) is 52.1 Å². The van der Waals surface area contributed by atoms with Gasteiger partial charge in [0.25, 0.3) is 0 Å². The second-order valence-corrected chi connectivity index (χ2v) is 7.25. The fourth-order valence-electron chi connectivity index (χ4n) is 3.39. The highest BCUT2D eigenvalue weighted by Crippen LogP contribution is 2.33. The lowest BCUT2D eigenvalue weighted by Crippen LogP contribution is -2.68. The maximum Gasteiger partial charge on any atom is 0.247 e. The molecule has 0 aromatic heterocycles. The molecule has 114 valence electrons. The van der Waals surface area contributed by atoms with Gasteiger partial charge in [-0.25, -0.2) is 0 Å². The molecule has 2 rings (SSSR count). The fourth-order valence-corrected chi connectivity index (χ4v) is 3.39. The number of piperidine rings is 1. The van der Waals surface area contributed by atoms with E-state index < -0.39 is 5.54 Å². The molecule has 1 atom stereocenters. The third-order valence-corrected chi connectivity index (χ3v) is 4.84. The highest BCUT2D eigenvalue weighted by Gasteiger charge is 2.47. The van der Waals surface area contributed by atoms with E-state index in [0.717, 1.165) is 19.4 Å². The Hall–Kier alpha value is -1.10. The van der Waals surface area contributed by atoms with E-state index in [2.05, 4.69) is 19.2 Å². The number of carbonyl (C=O) groups excluding carboxylic acids is 2. The molecule has 2 amide bonds. The van der Waals surface area contributed by atoms with Crippen LogP contribution in [0.1, 0.15) is 40.5 Å². The molecule has 5 heteroatoms. The van der Waals surface area contributed by atoms with E-state index >= 15 is 0 Å². The SMILES string of the molecule is CN1CCN(C(=O)C2NCCCC2(C)C)C(C)(C)C1=O. The molecule has 0 saturated carbocycles. The molecule has 2 heterocycles. The first kappa shape index (κ1) is 15.3. The molecule has 20 heavy (non-hydrogen) atoms. The molecular weight excluding hydrogens is 254 g/mol. The van der Waals surface area contributed by atoms with Gasteiger partial charge in [0.2, 0.25) is 11.8 Å². The van der Waals surface area contributed by atoms with Gasteiger partial charge >= 0.3 is 0 Å². The Labute approximate surface area is 121 Å². The molecule has 0 bridgehead atoms. The number of carbonyl (C=O) groups is 2. The Morgan fingerprint density at radius 3 is 2.50 bits per heavy atom. The lowest BCUT2D eigenvalue weighted by atomic mass is 9.76. The van der Waals surface area contributed by atoms with Crippen LogP contribution in [-0.2, 0) is 9.59 Å². The van der Waals surface area contributed by atoms with E-state index in [-0.39, 0.29) is 23.3 Å². The maximum atomic E-state index is 12.9. The molecule has 5 nitrogen and oxygen atoms in total. The number of nitrogens with one attached hydrogen (secondary N) is 1. The van der Waals surface area contributed by atoms with Crippen LogP contribution in [0.4, 0.5) is 0 Å². The topological polar surface area (TPSA) is 52.6 Å². The Bertz CT molecular complexity index is 417. The highest BCUT2D eigenvalue weighted by atomic mass is 16.2. The van der Waals surface area contributed by atoms with E-state index in [1.54, 1.807) is 16.8 Å². The Morgan fingerprint density at radius 1 is 1.25 bits per heavy atom. The van der Waals surface area contributed by atoms with Crippen LogP contribution in [0.15, 0.2) is 0 Å². The zero-order chi connectivity index (χ0) is 15.1. The van der Waals surface area contributed by atoms with Crippen LogP contribution >= 0.6 is 0 Å². The van der Waals surface area contributed by atoms with E-state index in [1.165, 1.54) is 0 Å². The number of hydrogen-bond acceptors (Lipinski definition) is 3. The molecule has 1 unspecified atom stereocenters. The number of amides is 2. The lowest BCUT2D eigenvalue weighted by molar-refractivity contribution is -0.160. The smallest absolute Gasteiger partial charge is 0.247 e.